The minimum Gasteiger partial charge on any atom is -0.441 e. The van der Waals surface area contributed by atoms with Crippen LogP contribution >= 0.6 is 0 Å². The number of oxazole rings is 1. The van der Waals surface area contributed by atoms with Crippen LogP contribution in [0.2, 0.25) is 0 Å². The number of aromatic nitrogens is 1. The van der Waals surface area contributed by atoms with Crippen molar-refractivity contribution in [1.29, 1.82) is 0 Å². The van der Waals surface area contributed by atoms with Crippen molar-refractivity contribution in [3.8, 4) is 0 Å². The highest BCUT2D eigenvalue weighted by atomic mass is 32.2. The Labute approximate surface area is 122 Å². The Hall–Kier alpha value is -2.34. The first-order valence-corrected chi connectivity index (χ1v) is 7.89. The maximum atomic E-state index is 12.3. The van der Waals surface area contributed by atoms with E-state index in [1.807, 2.05) is 6.92 Å². The highest BCUT2D eigenvalue weighted by Crippen LogP contribution is 2.22. The van der Waals surface area contributed by atoms with Crippen molar-refractivity contribution in [2.24, 2.45) is 0 Å². The predicted octanol–water partition coefficient (Wildman–Crippen LogP) is 3.25. The maximum Gasteiger partial charge on any atom is 0.261 e. The minimum atomic E-state index is -3.60. The monoisotopic (exact) mass is 302 g/mol. The van der Waals surface area contributed by atoms with E-state index in [1.54, 1.807) is 49.4 Å². The third-order valence-electron chi connectivity index (χ3n) is 3.08. The van der Waals surface area contributed by atoms with Gasteiger partial charge in [-0.25, -0.2) is 13.4 Å². The van der Waals surface area contributed by atoms with E-state index in [4.69, 9.17) is 4.42 Å². The standard InChI is InChI=1S/C15H14N2O3S/c1-10-3-6-13(7-4-10)21(18,19)17-12-5-8-15-14(9-12)16-11(2)20-15/h3-9,17H,1-2H3. The van der Waals surface area contributed by atoms with Crippen LogP contribution in [0.5, 0.6) is 0 Å². The zero-order chi connectivity index (χ0) is 15.0. The molecule has 0 amide bonds. The van der Waals surface area contributed by atoms with E-state index in [9.17, 15) is 8.42 Å². The topological polar surface area (TPSA) is 72.2 Å². The molecule has 0 saturated heterocycles. The molecule has 21 heavy (non-hydrogen) atoms. The summed E-state index contributed by atoms with van der Waals surface area (Å²) in [6.45, 7) is 3.65. The molecule has 2 aromatic carbocycles. The van der Waals surface area contributed by atoms with Gasteiger partial charge in [-0.2, -0.15) is 0 Å². The lowest BCUT2D eigenvalue weighted by Gasteiger charge is -2.08. The average molecular weight is 302 g/mol. The smallest absolute Gasteiger partial charge is 0.261 e. The molecule has 0 aliphatic heterocycles. The molecule has 1 aromatic heterocycles. The Balaban J connectivity index is 1.94. The molecule has 0 bridgehead atoms. The number of anilines is 1. The summed E-state index contributed by atoms with van der Waals surface area (Å²) in [7, 11) is -3.60. The van der Waals surface area contributed by atoms with Crippen molar-refractivity contribution in [3.63, 3.8) is 0 Å². The zero-order valence-electron chi connectivity index (χ0n) is 11.6. The molecule has 5 nitrogen and oxygen atoms in total. The second kappa shape index (κ2) is 4.89. The second-order valence-corrected chi connectivity index (χ2v) is 6.52. The van der Waals surface area contributed by atoms with E-state index < -0.39 is 10.0 Å². The Bertz CT molecular complexity index is 896. The summed E-state index contributed by atoms with van der Waals surface area (Å²) in [5.74, 6) is 0.545. The van der Waals surface area contributed by atoms with Crippen molar-refractivity contribution in [3.05, 3.63) is 53.9 Å². The molecule has 3 aromatic rings. The maximum absolute atomic E-state index is 12.3. The van der Waals surface area contributed by atoms with Crippen LogP contribution in [0.25, 0.3) is 11.1 Å². The molecule has 0 radical (unpaired) electrons. The lowest BCUT2D eigenvalue weighted by atomic mass is 10.2. The number of hydrogen-bond acceptors (Lipinski definition) is 4. The Morgan fingerprint density at radius 1 is 1.05 bits per heavy atom. The van der Waals surface area contributed by atoms with Gasteiger partial charge < -0.3 is 4.42 Å². The highest BCUT2D eigenvalue weighted by Gasteiger charge is 2.14. The molecule has 0 saturated carbocycles. The first-order chi connectivity index (χ1) is 9.94. The normalized spacial score (nSPS) is 11.7. The van der Waals surface area contributed by atoms with Gasteiger partial charge in [0, 0.05) is 6.92 Å². The quantitative estimate of drug-likeness (QED) is 0.806. The SMILES string of the molecule is Cc1ccc(S(=O)(=O)Nc2ccc3oc(C)nc3c2)cc1. The molecule has 0 unspecified atom stereocenters. The molecule has 3 rings (SSSR count). The molecular weight excluding hydrogens is 288 g/mol. The third-order valence-corrected chi connectivity index (χ3v) is 4.48. The van der Waals surface area contributed by atoms with Gasteiger partial charge >= 0.3 is 0 Å². The van der Waals surface area contributed by atoms with Crippen LogP contribution in [-0.4, -0.2) is 13.4 Å². The number of aryl methyl sites for hydroxylation is 2. The van der Waals surface area contributed by atoms with Crippen LogP contribution in [0.4, 0.5) is 5.69 Å². The van der Waals surface area contributed by atoms with Crippen molar-refractivity contribution < 1.29 is 12.8 Å². The average Bonchev–Trinajstić information content (AvgIpc) is 2.78. The molecule has 0 aliphatic carbocycles. The number of sulfonamides is 1. The van der Waals surface area contributed by atoms with Gasteiger partial charge in [-0.15, -0.1) is 0 Å². The van der Waals surface area contributed by atoms with Crippen LogP contribution in [0.15, 0.2) is 51.8 Å². The molecule has 0 aliphatic rings. The molecule has 0 atom stereocenters. The number of rotatable bonds is 3. The van der Waals surface area contributed by atoms with Gasteiger partial charge in [0.1, 0.15) is 5.52 Å². The van der Waals surface area contributed by atoms with Crippen LogP contribution in [0, 0.1) is 13.8 Å². The van der Waals surface area contributed by atoms with E-state index in [-0.39, 0.29) is 4.90 Å². The number of benzene rings is 2. The summed E-state index contributed by atoms with van der Waals surface area (Å²) in [5, 5.41) is 0. The van der Waals surface area contributed by atoms with E-state index in [2.05, 4.69) is 9.71 Å². The lowest BCUT2D eigenvalue weighted by molar-refractivity contribution is 0.561. The van der Waals surface area contributed by atoms with Gasteiger partial charge in [-0.3, -0.25) is 4.72 Å². The number of nitrogens with one attached hydrogen (secondary N) is 1. The van der Waals surface area contributed by atoms with Gasteiger partial charge in [0.25, 0.3) is 10.0 Å². The fourth-order valence-electron chi connectivity index (χ4n) is 2.04. The zero-order valence-corrected chi connectivity index (χ0v) is 12.4. The number of hydrogen-bond donors (Lipinski definition) is 1. The Kier molecular flexibility index (Phi) is 3.17. The first kappa shape index (κ1) is 13.6. The van der Waals surface area contributed by atoms with Crippen LogP contribution < -0.4 is 4.72 Å². The molecule has 6 heteroatoms. The largest absolute Gasteiger partial charge is 0.441 e. The predicted molar refractivity (Wildman–Crippen MR) is 80.7 cm³/mol. The van der Waals surface area contributed by atoms with Gasteiger partial charge in [0.05, 0.1) is 10.6 Å². The summed E-state index contributed by atoms with van der Waals surface area (Å²) in [4.78, 5) is 4.41. The Morgan fingerprint density at radius 2 is 1.76 bits per heavy atom. The van der Waals surface area contributed by atoms with E-state index in [1.165, 1.54) is 0 Å². The summed E-state index contributed by atoms with van der Waals surface area (Å²) in [5.41, 5.74) is 2.72. The molecule has 108 valence electrons. The number of nitrogens with zero attached hydrogens (tertiary/aromatic N) is 1. The number of fused-ring (bicyclic) bond motifs is 1. The van der Waals surface area contributed by atoms with Crippen LogP contribution in [0.1, 0.15) is 11.5 Å². The van der Waals surface area contributed by atoms with Gasteiger partial charge in [-0.1, -0.05) is 17.7 Å². The minimum absolute atomic E-state index is 0.226. The summed E-state index contributed by atoms with van der Waals surface area (Å²) in [6, 6.07) is 11.7. The van der Waals surface area contributed by atoms with Gasteiger partial charge in [0.2, 0.25) is 0 Å². The fraction of sp³-hybridized carbons (Fsp3) is 0.133. The van der Waals surface area contributed by atoms with Gasteiger partial charge in [-0.05, 0) is 37.3 Å². The Morgan fingerprint density at radius 3 is 2.48 bits per heavy atom. The van der Waals surface area contributed by atoms with Crippen molar-refractivity contribution >= 4 is 26.8 Å². The molecule has 0 fully saturated rings. The van der Waals surface area contributed by atoms with Gasteiger partial charge in [0.15, 0.2) is 11.5 Å². The molecule has 0 spiro atoms. The van der Waals surface area contributed by atoms with Crippen LogP contribution in [0.3, 0.4) is 0 Å². The summed E-state index contributed by atoms with van der Waals surface area (Å²) in [6.07, 6.45) is 0. The van der Waals surface area contributed by atoms with E-state index >= 15 is 0 Å². The molecule has 1 heterocycles. The van der Waals surface area contributed by atoms with E-state index in [0.717, 1.165) is 5.56 Å². The second-order valence-electron chi connectivity index (χ2n) is 4.83. The summed E-state index contributed by atoms with van der Waals surface area (Å²) >= 11 is 0. The molecule has 1 N–H and O–H groups in total. The van der Waals surface area contributed by atoms with Crippen molar-refractivity contribution in [2.45, 2.75) is 18.7 Å². The first-order valence-electron chi connectivity index (χ1n) is 6.41. The summed E-state index contributed by atoms with van der Waals surface area (Å²) < 4.78 is 32.5. The van der Waals surface area contributed by atoms with Crippen LogP contribution in [-0.2, 0) is 10.0 Å². The van der Waals surface area contributed by atoms with Crippen molar-refractivity contribution in [2.75, 3.05) is 4.72 Å². The fourth-order valence-corrected chi connectivity index (χ4v) is 3.09. The van der Waals surface area contributed by atoms with Crippen molar-refractivity contribution in [1.82, 2.24) is 4.98 Å². The molecular formula is C15H14N2O3S. The lowest BCUT2D eigenvalue weighted by Crippen LogP contribution is -2.12. The highest BCUT2D eigenvalue weighted by molar-refractivity contribution is 7.92. The third kappa shape index (κ3) is 2.75. The van der Waals surface area contributed by atoms with E-state index in [0.29, 0.717) is 22.7 Å².